The summed E-state index contributed by atoms with van der Waals surface area (Å²) in [7, 11) is 0. The summed E-state index contributed by atoms with van der Waals surface area (Å²) >= 11 is 6.00. The lowest BCUT2D eigenvalue weighted by atomic mass is 10.0. The lowest BCUT2D eigenvalue weighted by molar-refractivity contribution is -0.139. The van der Waals surface area contributed by atoms with E-state index in [1.165, 1.54) is 0 Å². The number of carboxylic acid groups (broad SMARTS) is 1. The van der Waals surface area contributed by atoms with Crippen molar-refractivity contribution in [2.75, 3.05) is 6.54 Å². The van der Waals surface area contributed by atoms with Crippen LogP contribution in [-0.4, -0.2) is 17.6 Å². The van der Waals surface area contributed by atoms with Crippen LogP contribution in [0.1, 0.15) is 31.0 Å². The van der Waals surface area contributed by atoms with Crippen molar-refractivity contribution in [3.63, 3.8) is 0 Å². The molecule has 0 aliphatic heterocycles. The van der Waals surface area contributed by atoms with Gasteiger partial charge in [-0.1, -0.05) is 37.6 Å². The Morgan fingerprint density at radius 1 is 1.47 bits per heavy atom. The molecule has 1 atom stereocenters. The molecule has 1 unspecified atom stereocenters. The predicted octanol–water partition coefficient (Wildman–Crippen LogP) is 3.02. The van der Waals surface area contributed by atoms with Gasteiger partial charge >= 0.3 is 5.97 Å². The van der Waals surface area contributed by atoms with E-state index in [0.717, 1.165) is 5.56 Å². The largest absolute Gasteiger partial charge is 0.480 e. The molecule has 17 heavy (non-hydrogen) atoms. The predicted molar refractivity (Wildman–Crippen MR) is 69.4 cm³/mol. The smallest absolute Gasteiger partial charge is 0.325 e. The van der Waals surface area contributed by atoms with Crippen LogP contribution >= 0.6 is 11.6 Å². The van der Waals surface area contributed by atoms with Gasteiger partial charge in [0.05, 0.1) is 0 Å². The van der Waals surface area contributed by atoms with E-state index in [-0.39, 0.29) is 0 Å². The molecule has 0 saturated carbocycles. The summed E-state index contributed by atoms with van der Waals surface area (Å²) in [5, 5.41) is 12.8. The molecule has 0 spiro atoms. The van der Waals surface area contributed by atoms with Crippen LogP contribution in [0.5, 0.6) is 0 Å². The maximum atomic E-state index is 11.2. The first-order valence-corrected chi connectivity index (χ1v) is 6.02. The van der Waals surface area contributed by atoms with Gasteiger partial charge in [0, 0.05) is 5.02 Å². The first-order valence-electron chi connectivity index (χ1n) is 5.64. The number of rotatable bonds is 5. The third kappa shape index (κ3) is 4.02. The van der Waals surface area contributed by atoms with Gasteiger partial charge in [-0.3, -0.25) is 4.79 Å². The van der Waals surface area contributed by atoms with Gasteiger partial charge < -0.3 is 10.4 Å². The number of aliphatic carboxylic acids is 1. The van der Waals surface area contributed by atoms with Gasteiger partial charge in [0.25, 0.3) is 0 Å². The van der Waals surface area contributed by atoms with Gasteiger partial charge in [0.2, 0.25) is 0 Å². The van der Waals surface area contributed by atoms with E-state index in [2.05, 4.69) is 5.32 Å². The van der Waals surface area contributed by atoms with Gasteiger partial charge in [0.1, 0.15) is 6.04 Å². The summed E-state index contributed by atoms with van der Waals surface area (Å²) in [5.41, 5.74) is 1.64. The van der Waals surface area contributed by atoms with Crippen LogP contribution in [0.4, 0.5) is 0 Å². The molecule has 0 aliphatic carbocycles. The van der Waals surface area contributed by atoms with Crippen LogP contribution in [0.25, 0.3) is 0 Å². The van der Waals surface area contributed by atoms with Gasteiger partial charge in [-0.05, 0) is 36.6 Å². The van der Waals surface area contributed by atoms with E-state index < -0.39 is 12.0 Å². The van der Waals surface area contributed by atoms with Crippen molar-refractivity contribution in [2.45, 2.75) is 26.8 Å². The molecule has 0 radical (unpaired) electrons. The summed E-state index contributed by atoms with van der Waals surface area (Å²) < 4.78 is 0. The zero-order valence-corrected chi connectivity index (χ0v) is 11.1. The molecule has 0 aliphatic rings. The minimum Gasteiger partial charge on any atom is -0.480 e. The Bertz CT molecular complexity index is 404. The lowest BCUT2D eigenvalue weighted by Gasteiger charge is -2.17. The second kappa shape index (κ2) is 6.03. The SMILES string of the molecule is Cc1ccc(C(NCC(C)C)C(=O)O)cc1Cl. The Hall–Kier alpha value is -1.06. The summed E-state index contributed by atoms with van der Waals surface area (Å²) in [4.78, 5) is 11.2. The fourth-order valence-corrected chi connectivity index (χ4v) is 1.68. The molecular formula is C13H18ClNO2. The number of nitrogens with one attached hydrogen (secondary N) is 1. The molecule has 0 bridgehead atoms. The number of carboxylic acids is 1. The van der Waals surface area contributed by atoms with Crippen LogP contribution in [0, 0.1) is 12.8 Å². The normalized spacial score (nSPS) is 12.8. The topological polar surface area (TPSA) is 49.3 Å². The van der Waals surface area contributed by atoms with Crippen molar-refractivity contribution in [3.8, 4) is 0 Å². The van der Waals surface area contributed by atoms with Crippen molar-refractivity contribution < 1.29 is 9.90 Å². The first-order chi connectivity index (χ1) is 7.91. The van der Waals surface area contributed by atoms with Crippen LogP contribution in [0.15, 0.2) is 18.2 Å². The van der Waals surface area contributed by atoms with Gasteiger partial charge in [-0.25, -0.2) is 0 Å². The summed E-state index contributed by atoms with van der Waals surface area (Å²) in [6, 6.07) is 4.65. The molecule has 1 aromatic carbocycles. The van der Waals surface area contributed by atoms with E-state index in [9.17, 15) is 9.90 Å². The molecule has 0 aromatic heterocycles. The fraction of sp³-hybridized carbons (Fsp3) is 0.462. The van der Waals surface area contributed by atoms with Gasteiger partial charge in [-0.15, -0.1) is 0 Å². The van der Waals surface area contributed by atoms with Crippen LogP contribution in [0.3, 0.4) is 0 Å². The van der Waals surface area contributed by atoms with E-state index in [4.69, 9.17) is 11.6 Å². The highest BCUT2D eigenvalue weighted by Gasteiger charge is 2.19. The summed E-state index contributed by atoms with van der Waals surface area (Å²) in [6.07, 6.45) is 0. The Morgan fingerprint density at radius 2 is 2.12 bits per heavy atom. The molecule has 3 nitrogen and oxygen atoms in total. The maximum absolute atomic E-state index is 11.2. The third-order valence-corrected chi connectivity index (χ3v) is 2.91. The van der Waals surface area contributed by atoms with Crippen molar-refractivity contribution in [1.82, 2.24) is 5.32 Å². The highest BCUT2D eigenvalue weighted by Crippen LogP contribution is 2.21. The molecule has 1 aromatic rings. The molecule has 0 heterocycles. The third-order valence-electron chi connectivity index (χ3n) is 2.51. The van der Waals surface area contributed by atoms with E-state index >= 15 is 0 Å². The summed E-state index contributed by atoms with van der Waals surface area (Å²) in [6.45, 7) is 6.62. The van der Waals surface area contributed by atoms with Crippen molar-refractivity contribution in [1.29, 1.82) is 0 Å². The number of benzene rings is 1. The Balaban J connectivity index is 2.89. The molecule has 1 rings (SSSR count). The Kier molecular flexibility index (Phi) is 4.97. The van der Waals surface area contributed by atoms with E-state index in [1.807, 2.05) is 26.8 Å². The van der Waals surface area contributed by atoms with Crippen molar-refractivity contribution in [2.24, 2.45) is 5.92 Å². The molecule has 4 heteroatoms. The van der Waals surface area contributed by atoms with Gasteiger partial charge in [0.15, 0.2) is 0 Å². The molecular weight excluding hydrogens is 238 g/mol. The quantitative estimate of drug-likeness (QED) is 0.850. The number of aryl methyl sites for hydroxylation is 1. The zero-order valence-electron chi connectivity index (χ0n) is 10.3. The molecule has 0 saturated heterocycles. The average molecular weight is 256 g/mol. The van der Waals surface area contributed by atoms with E-state index in [1.54, 1.807) is 12.1 Å². The number of halogens is 1. The Labute approximate surface area is 107 Å². The summed E-state index contributed by atoms with van der Waals surface area (Å²) in [5.74, 6) is -0.483. The minimum absolute atomic E-state index is 0.401. The monoisotopic (exact) mass is 255 g/mol. The highest BCUT2D eigenvalue weighted by molar-refractivity contribution is 6.31. The number of hydrogen-bond acceptors (Lipinski definition) is 2. The fourth-order valence-electron chi connectivity index (χ4n) is 1.49. The maximum Gasteiger partial charge on any atom is 0.325 e. The second-order valence-corrected chi connectivity index (χ2v) is 4.99. The Morgan fingerprint density at radius 3 is 2.59 bits per heavy atom. The standard InChI is InChI=1S/C13H18ClNO2/c1-8(2)7-15-12(13(16)17)10-5-4-9(3)11(14)6-10/h4-6,8,12,15H,7H2,1-3H3,(H,16,17). The second-order valence-electron chi connectivity index (χ2n) is 4.58. The molecule has 0 amide bonds. The number of carbonyl (C=O) groups is 1. The van der Waals surface area contributed by atoms with E-state index in [0.29, 0.717) is 23.0 Å². The lowest BCUT2D eigenvalue weighted by Crippen LogP contribution is -2.31. The minimum atomic E-state index is -0.884. The zero-order chi connectivity index (χ0) is 13.0. The first kappa shape index (κ1) is 14.0. The van der Waals surface area contributed by atoms with Crippen LogP contribution in [0.2, 0.25) is 5.02 Å². The molecule has 94 valence electrons. The molecule has 0 fully saturated rings. The average Bonchev–Trinajstić information content (AvgIpc) is 2.22. The number of hydrogen-bond donors (Lipinski definition) is 2. The van der Waals surface area contributed by atoms with Crippen molar-refractivity contribution >= 4 is 17.6 Å². The van der Waals surface area contributed by atoms with Gasteiger partial charge in [-0.2, -0.15) is 0 Å². The molecule has 2 N–H and O–H groups in total. The van der Waals surface area contributed by atoms with Crippen LogP contribution < -0.4 is 5.32 Å². The highest BCUT2D eigenvalue weighted by atomic mass is 35.5. The van der Waals surface area contributed by atoms with Crippen LogP contribution in [-0.2, 0) is 4.79 Å². The van der Waals surface area contributed by atoms with Crippen molar-refractivity contribution in [3.05, 3.63) is 34.3 Å².